The maximum absolute atomic E-state index is 12.6. The average molecular weight is 256 g/mol. The van der Waals surface area contributed by atoms with Crippen LogP contribution in [0, 0.1) is 0 Å². The summed E-state index contributed by atoms with van der Waals surface area (Å²) in [5.41, 5.74) is -0.182. The van der Waals surface area contributed by atoms with Crippen LogP contribution in [0.4, 0.5) is 0 Å². The molecule has 2 rings (SSSR count). The lowest BCUT2D eigenvalue weighted by Crippen LogP contribution is -2.44. The molecule has 0 aromatic rings. The first-order valence-corrected chi connectivity index (χ1v) is 8.20. The largest absolute Gasteiger partial charge is 0.325 e. The van der Waals surface area contributed by atoms with E-state index in [4.69, 9.17) is 0 Å². The maximum Gasteiger partial charge on any atom is 0.244 e. The van der Waals surface area contributed by atoms with E-state index in [1.165, 1.54) is 12.8 Å². The number of thioether (sulfide) groups is 1. The van der Waals surface area contributed by atoms with Gasteiger partial charge in [0.05, 0.1) is 11.7 Å². The molecular formula is C13H24N2OS. The molecule has 98 valence electrons. The number of hydrogen-bond acceptors (Lipinski definition) is 3. The lowest BCUT2D eigenvalue weighted by Gasteiger charge is -2.23. The number of nitrogens with zero attached hydrogens (tertiary/aromatic N) is 1. The Morgan fingerprint density at radius 2 is 2.18 bits per heavy atom. The lowest BCUT2D eigenvalue weighted by atomic mass is 9.98. The summed E-state index contributed by atoms with van der Waals surface area (Å²) in [6.45, 7) is 3.10. The number of rotatable bonds is 5. The third-order valence-electron chi connectivity index (χ3n) is 4.04. The molecule has 1 saturated heterocycles. The van der Waals surface area contributed by atoms with Crippen molar-refractivity contribution in [1.82, 2.24) is 10.2 Å². The molecule has 1 aliphatic carbocycles. The van der Waals surface area contributed by atoms with E-state index in [1.807, 2.05) is 11.8 Å². The van der Waals surface area contributed by atoms with Crippen LogP contribution in [0.2, 0.25) is 0 Å². The first-order valence-electron chi connectivity index (χ1n) is 6.81. The van der Waals surface area contributed by atoms with Gasteiger partial charge in [0.2, 0.25) is 5.91 Å². The van der Waals surface area contributed by atoms with E-state index in [0.29, 0.717) is 5.91 Å². The van der Waals surface area contributed by atoms with Gasteiger partial charge in [-0.25, -0.2) is 0 Å². The Morgan fingerprint density at radius 3 is 2.76 bits per heavy atom. The number of carbonyl (C=O) groups excluding carboxylic acids is 1. The van der Waals surface area contributed by atoms with E-state index in [0.717, 1.165) is 38.0 Å². The zero-order valence-electron chi connectivity index (χ0n) is 11.0. The Labute approximate surface area is 109 Å². The van der Waals surface area contributed by atoms with Gasteiger partial charge in [-0.15, -0.1) is 0 Å². The highest BCUT2D eigenvalue weighted by Gasteiger charge is 2.51. The minimum absolute atomic E-state index is 0.182. The van der Waals surface area contributed by atoms with Gasteiger partial charge in [0, 0.05) is 12.3 Å². The summed E-state index contributed by atoms with van der Waals surface area (Å²) in [6, 6.07) is 0. The van der Waals surface area contributed by atoms with E-state index in [2.05, 4.69) is 23.4 Å². The van der Waals surface area contributed by atoms with Gasteiger partial charge in [-0.1, -0.05) is 26.2 Å². The van der Waals surface area contributed by atoms with E-state index in [-0.39, 0.29) is 11.7 Å². The average Bonchev–Trinajstić information content (AvgIpc) is 2.87. The van der Waals surface area contributed by atoms with E-state index >= 15 is 0 Å². The minimum atomic E-state index is -0.182. The van der Waals surface area contributed by atoms with Gasteiger partial charge in [0.1, 0.15) is 0 Å². The van der Waals surface area contributed by atoms with Crippen molar-refractivity contribution in [3.63, 3.8) is 0 Å². The van der Waals surface area contributed by atoms with E-state index in [1.54, 1.807) is 0 Å². The zero-order chi connectivity index (χ0) is 12.3. The molecule has 1 N–H and O–H groups in total. The Morgan fingerprint density at radius 1 is 1.47 bits per heavy atom. The van der Waals surface area contributed by atoms with Gasteiger partial charge in [0.25, 0.3) is 0 Å². The second kappa shape index (κ2) is 5.61. The zero-order valence-corrected chi connectivity index (χ0v) is 11.8. The van der Waals surface area contributed by atoms with E-state index < -0.39 is 0 Å². The fraction of sp³-hybridized carbons (Fsp3) is 0.923. The summed E-state index contributed by atoms with van der Waals surface area (Å²) in [7, 11) is 0. The first kappa shape index (κ1) is 13.2. The van der Waals surface area contributed by atoms with Crippen molar-refractivity contribution in [2.24, 2.45) is 0 Å². The van der Waals surface area contributed by atoms with Crippen molar-refractivity contribution >= 4 is 17.7 Å². The van der Waals surface area contributed by atoms with Crippen molar-refractivity contribution in [1.29, 1.82) is 0 Å². The summed E-state index contributed by atoms with van der Waals surface area (Å²) in [4.78, 5) is 14.7. The highest BCUT2D eigenvalue weighted by molar-refractivity contribution is 7.98. The normalized spacial score (nSPS) is 27.3. The van der Waals surface area contributed by atoms with Crippen LogP contribution in [0.15, 0.2) is 0 Å². The van der Waals surface area contributed by atoms with Crippen molar-refractivity contribution in [3.05, 3.63) is 0 Å². The smallest absolute Gasteiger partial charge is 0.244 e. The fourth-order valence-electron chi connectivity index (χ4n) is 3.16. The second-order valence-corrected chi connectivity index (χ2v) is 6.21. The molecule has 1 aliphatic heterocycles. The molecule has 17 heavy (non-hydrogen) atoms. The monoisotopic (exact) mass is 256 g/mol. The predicted octanol–water partition coefficient (Wildman–Crippen LogP) is 2.22. The number of carbonyl (C=O) groups is 1. The molecule has 4 heteroatoms. The molecule has 3 nitrogen and oxygen atoms in total. The molecule has 1 amide bonds. The molecule has 0 bridgehead atoms. The van der Waals surface area contributed by atoms with Crippen LogP contribution in [-0.4, -0.2) is 41.1 Å². The Bertz CT molecular complexity index is 277. The highest BCUT2D eigenvalue weighted by Crippen LogP contribution is 2.37. The number of hydrogen-bond donors (Lipinski definition) is 1. The van der Waals surface area contributed by atoms with Crippen LogP contribution in [0.1, 0.15) is 45.4 Å². The maximum atomic E-state index is 12.6. The summed E-state index contributed by atoms with van der Waals surface area (Å²) < 4.78 is 0. The quantitative estimate of drug-likeness (QED) is 0.818. The molecule has 1 unspecified atom stereocenters. The van der Waals surface area contributed by atoms with Crippen molar-refractivity contribution in [2.75, 3.05) is 18.6 Å². The second-order valence-electron chi connectivity index (χ2n) is 5.23. The summed E-state index contributed by atoms with van der Waals surface area (Å²) in [5, 5.41) is 3.64. The summed E-state index contributed by atoms with van der Waals surface area (Å²) in [5.74, 6) is 1.42. The van der Waals surface area contributed by atoms with Gasteiger partial charge in [-0.3, -0.25) is 10.1 Å². The van der Waals surface area contributed by atoms with Crippen LogP contribution in [-0.2, 0) is 4.79 Å². The van der Waals surface area contributed by atoms with Crippen molar-refractivity contribution in [3.8, 4) is 0 Å². The van der Waals surface area contributed by atoms with Gasteiger partial charge >= 0.3 is 0 Å². The van der Waals surface area contributed by atoms with Gasteiger partial charge in [-0.05, 0) is 25.5 Å². The standard InChI is InChI=1S/C13H24N2OS/c1-3-6-11-14-13(7-4-5-8-13)12(16)15(11)9-10-17-2/h11,14H,3-10H2,1-2H3. The fourth-order valence-corrected chi connectivity index (χ4v) is 3.54. The highest BCUT2D eigenvalue weighted by atomic mass is 32.2. The van der Waals surface area contributed by atoms with Crippen LogP contribution >= 0.6 is 11.8 Å². The molecule has 1 spiro atoms. The Balaban J connectivity index is 2.08. The molecule has 0 aromatic carbocycles. The first-order chi connectivity index (χ1) is 8.23. The van der Waals surface area contributed by atoms with Crippen LogP contribution in [0.3, 0.4) is 0 Å². The van der Waals surface area contributed by atoms with Crippen LogP contribution in [0.5, 0.6) is 0 Å². The van der Waals surface area contributed by atoms with E-state index in [9.17, 15) is 4.79 Å². The van der Waals surface area contributed by atoms with Crippen LogP contribution in [0.25, 0.3) is 0 Å². The Hall–Kier alpha value is -0.220. The third kappa shape index (κ3) is 2.48. The molecule has 2 aliphatic rings. The molecule has 1 atom stereocenters. The molecule has 0 aromatic heterocycles. The van der Waals surface area contributed by atoms with Crippen molar-refractivity contribution in [2.45, 2.75) is 57.2 Å². The molecule has 1 saturated carbocycles. The minimum Gasteiger partial charge on any atom is -0.325 e. The molecule has 1 heterocycles. The van der Waals surface area contributed by atoms with Gasteiger partial charge < -0.3 is 4.90 Å². The predicted molar refractivity (Wildman–Crippen MR) is 73.1 cm³/mol. The van der Waals surface area contributed by atoms with Gasteiger partial charge in [-0.2, -0.15) is 11.8 Å². The Kier molecular flexibility index (Phi) is 4.36. The summed E-state index contributed by atoms with van der Waals surface area (Å²) in [6.07, 6.45) is 9.11. The third-order valence-corrected chi connectivity index (χ3v) is 4.64. The molecule has 2 fully saturated rings. The van der Waals surface area contributed by atoms with Crippen molar-refractivity contribution < 1.29 is 4.79 Å². The topological polar surface area (TPSA) is 32.3 Å². The number of amides is 1. The SMILES string of the molecule is CCCC1NC2(CCCC2)C(=O)N1CCSC. The lowest BCUT2D eigenvalue weighted by molar-refractivity contribution is -0.132. The van der Waals surface area contributed by atoms with Gasteiger partial charge in [0.15, 0.2) is 0 Å². The molecule has 0 radical (unpaired) electrons. The number of nitrogens with one attached hydrogen (secondary N) is 1. The van der Waals surface area contributed by atoms with Crippen LogP contribution < -0.4 is 5.32 Å². The summed E-state index contributed by atoms with van der Waals surface area (Å²) >= 11 is 1.82. The molecular weight excluding hydrogens is 232 g/mol.